The van der Waals surface area contributed by atoms with Crippen molar-refractivity contribution in [2.45, 2.75) is 46.6 Å². The number of benzene rings is 2. The lowest BCUT2D eigenvalue weighted by Crippen LogP contribution is -2.43. The predicted octanol–water partition coefficient (Wildman–Crippen LogP) is 6.77. The number of ether oxygens (including phenoxy) is 1. The van der Waals surface area contributed by atoms with Crippen LogP contribution in [0.2, 0.25) is 5.02 Å². The average Bonchev–Trinajstić information content (AvgIpc) is 2.86. The van der Waals surface area contributed by atoms with Gasteiger partial charge in [0.25, 0.3) is 5.91 Å². The van der Waals surface area contributed by atoms with E-state index in [9.17, 15) is 10.1 Å². The van der Waals surface area contributed by atoms with Crippen LogP contribution in [0.15, 0.2) is 54.6 Å². The zero-order chi connectivity index (χ0) is 27.9. The van der Waals surface area contributed by atoms with E-state index in [2.05, 4.69) is 29.3 Å². The van der Waals surface area contributed by atoms with Gasteiger partial charge in [-0.15, -0.1) is 0 Å². The summed E-state index contributed by atoms with van der Waals surface area (Å²) in [4.78, 5) is 20.2. The molecule has 0 aliphatic rings. The Labute approximate surface area is 231 Å². The first-order chi connectivity index (χ1) is 18.0. The van der Waals surface area contributed by atoms with E-state index < -0.39 is 0 Å². The van der Waals surface area contributed by atoms with Crippen molar-refractivity contribution in [3.63, 3.8) is 0 Å². The standard InChI is InChI=1S/C31H37ClN4O2/c1-21-10-7-8-11-23(21)24-13-15-26(30(37)35-28(16-17-33)31(2,3)4)34-29(24)22-12-14-25(32)27(20-22)38-19-9-18-36(5)6/h7-8,10-15,20,28H,9,16,18-19H2,1-6H3,(H,35,37)/t28-/m0/s1. The molecule has 0 aliphatic carbocycles. The van der Waals surface area contributed by atoms with Gasteiger partial charge in [-0.05, 0) is 68.2 Å². The molecule has 0 fully saturated rings. The minimum atomic E-state index is -0.313. The van der Waals surface area contributed by atoms with Crippen LogP contribution in [-0.2, 0) is 0 Å². The maximum atomic E-state index is 13.3. The molecule has 3 aromatic rings. The monoisotopic (exact) mass is 532 g/mol. The van der Waals surface area contributed by atoms with Crippen LogP contribution in [0.4, 0.5) is 0 Å². The maximum absolute atomic E-state index is 13.3. The van der Waals surface area contributed by atoms with Gasteiger partial charge in [-0.1, -0.05) is 62.7 Å². The summed E-state index contributed by atoms with van der Waals surface area (Å²) in [6.45, 7) is 9.51. The molecule has 2 aromatic carbocycles. The van der Waals surface area contributed by atoms with Crippen LogP contribution in [-0.4, -0.2) is 49.1 Å². The second-order valence-electron chi connectivity index (χ2n) is 10.8. The van der Waals surface area contributed by atoms with E-state index in [0.29, 0.717) is 23.1 Å². The Morgan fingerprint density at radius 1 is 1.13 bits per heavy atom. The number of nitrogens with zero attached hydrogens (tertiary/aromatic N) is 3. The van der Waals surface area contributed by atoms with Crippen LogP contribution in [0.5, 0.6) is 5.75 Å². The van der Waals surface area contributed by atoms with E-state index in [0.717, 1.165) is 35.2 Å². The summed E-state index contributed by atoms with van der Waals surface area (Å²) >= 11 is 6.47. The van der Waals surface area contributed by atoms with E-state index in [-0.39, 0.29) is 29.5 Å². The lowest BCUT2D eigenvalue weighted by atomic mass is 9.85. The summed E-state index contributed by atoms with van der Waals surface area (Å²) < 4.78 is 6.02. The first kappa shape index (κ1) is 29.2. The number of hydrogen-bond donors (Lipinski definition) is 1. The number of aryl methyl sites for hydroxylation is 1. The molecule has 0 aliphatic heterocycles. The van der Waals surface area contributed by atoms with Gasteiger partial charge in [-0.3, -0.25) is 4.79 Å². The predicted molar refractivity (Wildman–Crippen MR) is 154 cm³/mol. The van der Waals surface area contributed by atoms with Crippen molar-refractivity contribution in [2.24, 2.45) is 5.41 Å². The van der Waals surface area contributed by atoms with E-state index >= 15 is 0 Å². The van der Waals surface area contributed by atoms with Crippen LogP contribution in [0, 0.1) is 23.7 Å². The second kappa shape index (κ2) is 12.9. The molecule has 0 radical (unpaired) electrons. The molecular weight excluding hydrogens is 496 g/mol. The average molecular weight is 533 g/mol. The molecule has 0 saturated carbocycles. The van der Waals surface area contributed by atoms with E-state index in [1.165, 1.54) is 0 Å². The first-order valence-corrected chi connectivity index (χ1v) is 13.2. The third-order valence-corrected chi connectivity index (χ3v) is 6.73. The van der Waals surface area contributed by atoms with Crippen LogP contribution < -0.4 is 10.1 Å². The van der Waals surface area contributed by atoms with Gasteiger partial charge >= 0.3 is 0 Å². The zero-order valence-corrected chi connectivity index (χ0v) is 23.9. The molecule has 1 N–H and O–H groups in total. The molecule has 0 saturated heterocycles. The van der Waals surface area contributed by atoms with Gasteiger partial charge in [0, 0.05) is 23.7 Å². The molecule has 0 bridgehead atoms. The number of nitriles is 1. The summed E-state index contributed by atoms with van der Waals surface area (Å²) in [5, 5.41) is 12.8. The van der Waals surface area contributed by atoms with Crippen molar-refractivity contribution < 1.29 is 9.53 Å². The number of aromatic nitrogens is 1. The SMILES string of the molecule is Cc1ccccc1-c1ccc(C(=O)N[C@@H](CC#N)C(C)(C)C)nc1-c1ccc(Cl)c(OCCCN(C)C)c1. The van der Waals surface area contributed by atoms with E-state index in [1.54, 1.807) is 12.1 Å². The number of carbonyl (C=O) groups excluding carboxylic acids is 1. The number of nitrogens with one attached hydrogen (secondary N) is 1. The summed E-state index contributed by atoms with van der Waals surface area (Å²) in [7, 11) is 4.05. The lowest BCUT2D eigenvalue weighted by molar-refractivity contribution is 0.0899. The minimum absolute atomic E-state index is 0.217. The smallest absolute Gasteiger partial charge is 0.270 e. The highest BCUT2D eigenvalue weighted by Crippen LogP contribution is 2.36. The third-order valence-electron chi connectivity index (χ3n) is 6.42. The fourth-order valence-electron chi connectivity index (χ4n) is 4.12. The van der Waals surface area contributed by atoms with Gasteiger partial charge in [-0.2, -0.15) is 5.26 Å². The van der Waals surface area contributed by atoms with Crippen molar-refractivity contribution in [3.8, 4) is 34.2 Å². The molecular formula is C31H37ClN4O2. The summed E-state index contributed by atoms with van der Waals surface area (Å²) in [5.41, 5.74) is 4.51. The van der Waals surface area contributed by atoms with Crippen LogP contribution in [0.3, 0.4) is 0 Å². The van der Waals surface area contributed by atoms with Gasteiger partial charge in [-0.25, -0.2) is 4.98 Å². The number of rotatable bonds is 10. The minimum Gasteiger partial charge on any atom is -0.492 e. The zero-order valence-electron chi connectivity index (χ0n) is 23.1. The number of carbonyl (C=O) groups is 1. The van der Waals surface area contributed by atoms with Crippen molar-refractivity contribution in [1.82, 2.24) is 15.2 Å². The summed E-state index contributed by atoms with van der Waals surface area (Å²) in [5.74, 6) is 0.268. The molecule has 1 aromatic heterocycles. The largest absolute Gasteiger partial charge is 0.492 e. The Morgan fingerprint density at radius 2 is 1.87 bits per heavy atom. The topological polar surface area (TPSA) is 78.2 Å². The van der Waals surface area contributed by atoms with E-state index in [4.69, 9.17) is 21.3 Å². The van der Waals surface area contributed by atoms with Gasteiger partial charge in [0.2, 0.25) is 0 Å². The molecule has 7 heteroatoms. The first-order valence-electron chi connectivity index (χ1n) is 12.8. The number of amides is 1. The van der Waals surface area contributed by atoms with Crippen LogP contribution >= 0.6 is 11.6 Å². The molecule has 1 atom stereocenters. The molecule has 3 rings (SSSR count). The Morgan fingerprint density at radius 3 is 2.53 bits per heavy atom. The Hall–Kier alpha value is -3.40. The Balaban J connectivity index is 2.04. The van der Waals surface area contributed by atoms with Crippen LogP contribution in [0.25, 0.3) is 22.4 Å². The quantitative estimate of drug-likeness (QED) is 0.292. The lowest BCUT2D eigenvalue weighted by Gasteiger charge is -2.29. The number of pyridine rings is 1. The molecule has 1 heterocycles. The fraction of sp³-hybridized carbons (Fsp3) is 0.387. The van der Waals surface area contributed by atoms with Crippen molar-refractivity contribution in [2.75, 3.05) is 27.2 Å². The number of hydrogen-bond acceptors (Lipinski definition) is 5. The van der Waals surface area contributed by atoms with E-state index in [1.807, 2.05) is 71.3 Å². The molecule has 6 nitrogen and oxygen atoms in total. The molecule has 0 unspecified atom stereocenters. The van der Waals surface area contributed by atoms with Crippen LogP contribution in [0.1, 0.15) is 49.7 Å². The Bertz CT molecular complexity index is 1310. The summed E-state index contributed by atoms with van der Waals surface area (Å²) in [6.07, 6.45) is 1.09. The van der Waals surface area contributed by atoms with Gasteiger partial charge < -0.3 is 15.0 Å². The van der Waals surface area contributed by atoms with Gasteiger partial charge in [0.05, 0.1) is 29.8 Å². The third kappa shape index (κ3) is 7.56. The highest BCUT2D eigenvalue weighted by atomic mass is 35.5. The second-order valence-corrected chi connectivity index (χ2v) is 11.2. The van der Waals surface area contributed by atoms with Crippen molar-refractivity contribution in [1.29, 1.82) is 5.26 Å². The molecule has 1 amide bonds. The normalized spacial score (nSPS) is 12.2. The van der Waals surface area contributed by atoms with Crippen molar-refractivity contribution >= 4 is 17.5 Å². The van der Waals surface area contributed by atoms with Gasteiger partial charge in [0.1, 0.15) is 11.4 Å². The number of halogens is 1. The highest BCUT2D eigenvalue weighted by molar-refractivity contribution is 6.32. The highest BCUT2D eigenvalue weighted by Gasteiger charge is 2.27. The molecule has 38 heavy (non-hydrogen) atoms. The van der Waals surface area contributed by atoms with Gasteiger partial charge in [0.15, 0.2) is 0 Å². The molecule has 200 valence electrons. The Kier molecular flexibility index (Phi) is 9.90. The molecule has 0 spiro atoms. The fourth-order valence-corrected chi connectivity index (χ4v) is 4.29. The van der Waals surface area contributed by atoms with Crippen molar-refractivity contribution in [3.05, 3.63) is 70.9 Å². The maximum Gasteiger partial charge on any atom is 0.270 e. The summed E-state index contributed by atoms with van der Waals surface area (Å²) in [6, 6.07) is 19.2.